The molecule has 1 aromatic heterocycles. The third-order valence-corrected chi connectivity index (χ3v) is 2.22. The molecule has 1 heterocycles. The fourth-order valence-corrected chi connectivity index (χ4v) is 1.40. The Morgan fingerprint density at radius 2 is 1.94 bits per heavy atom. The van der Waals surface area contributed by atoms with Crippen LogP contribution in [0.5, 0.6) is 11.6 Å². The third-order valence-electron chi connectivity index (χ3n) is 2.22. The minimum Gasteiger partial charge on any atom is -0.497 e. The molecule has 18 heavy (non-hydrogen) atoms. The zero-order valence-electron chi connectivity index (χ0n) is 9.53. The molecule has 0 unspecified atom stereocenters. The van der Waals surface area contributed by atoms with Gasteiger partial charge in [-0.05, 0) is 24.3 Å². The number of rotatable bonds is 3. The van der Waals surface area contributed by atoms with Crippen LogP contribution in [0, 0.1) is 0 Å². The highest BCUT2D eigenvalue weighted by molar-refractivity contribution is 5.64. The first-order valence-electron chi connectivity index (χ1n) is 5.06. The molecule has 0 aliphatic carbocycles. The van der Waals surface area contributed by atoms with Gasteiger partial charge in [-0.25, -0.2) is 14.8 Å². The van der Waals surface area contributed by atoms with Crippen molar-refractivity contribution in [2.45, 2.75) is 0 Å². The van der Waals surface area contributed by atoms with Crippen LogP contribution in [0.1, 0.15) is 0 Å². The van der Waals surface area contributed by atoms with Crippen LogP contribution in [0.3, 0.4) is 0 Å². The lowest BCUT2D eigenvalue weighted by atomic mass is 10.1. The second kappa shape index (κ2) is 5.13. The summed E-state index contributed by atoms with van der Waals surface area (Å²) in [5.74, 6) is 0.720. The SMILES string of the molecule is COc1ccc(-c2cc(OC(=O)O)ncn2)cc1. The standard InChI is InChI=1S/C12H10N2O4/c1-17-9-4-2-8(3-5-9)10-6-11(14-7-13-10)18-12(15)16/h2-7H,1H3,(H,15,16). The molecule has 92 valence electrons. The first kappa shape index (κ1) is 11.8. The molecule has 1 N–H and O–H groups in total. The minimum absolute atomic E-state index is 0.0108. The molecule has 2 rings (SSSR count). The summed E-state index contributed by atoms with van der Waals surface area (Å²) in [5, 5.41) is 8.50. The number of ether oxygens (including phenoxy) is 2. The van der Waals surface area contributed by atoms with Gasteiger partial charge in [-0.1, -0.05) is 0 Å². The second-order valence-corrected chi connectivity index (χ2v) is 3.34. The number of nitrogens with zero attached hydrogens (tertiary/aromatic N) is 2. The fourth-order valence-electron chi connectivity index (χ4n) is 1.40. The van der Waals surface area contributed by atoms with Crippen molar-refractivity contribution < 1.29 is 19.4 Å². The number of carbonyl (C=O) groups is 1. The van der Waals surface area contributed by atoms with E-state index in [1.807, 2.05) is 12.1 Å². The summed E-state index contributed by atoms with van der Waals surface area (Å²) < 4.78 is 9.51. The molecule has 0 radical (unpaired) electrons. The number of aromatic nitrogens is 2. The van der Waals surface area contributed by atoms with E-state index in [4.69, 9.17) is 9.84 Å². The molecule has 0 saturated heterocycles. The number of benzene rings is 1. The summed E-state index contributed by atoms with van der Waals surface area (Å²) in [5.41, 5.74) is 1.39. The Bertz CT molecular complexity index is 554. The molecule has 6 nitrogen and oxygen atoms in total. The Balaban J connectivity index is 2.29. The first-order chi connectivity index (χ1) is 8.69. The van der Waals surface area contributed by atoms with Crippen molar-refractivity contribution in [2.24, 2.45) is 0 Å². The smallest absolute Gasteiger partial charge is 0.497 e. The molecular weight excluding hydrogens is 236 g/mol. The van der Waals surface area contributed by atoms with Gasteiger partial charge in [0.2, 0.25) is 5.88 Å². The summed E-state index contributed by atoms with van der Waals surface area (Å²) >= 11 is 0. The van der Waals surface area contributed by atoms with Gasteiger partial charge < -0.3 is 14.6 Å². The van der Waals surface area contributed by atoms with Gasteiger partial charge >= 0.3 is 6.16 Å². The Hall–Kier alpha value is -2.63. The molecule has 0 fully saturated rings. The third kappa shape index (κ3) is 2.73. The minimum atomic E-state index is -1.41. The summed E-state index contributed by atoms with van der Waals surface area (Å²) in [6.07, 6.45) is -0.160. The van der Waals surface area contributed by atoms with Crippen LogP contribution < -0.4 is 9.47 Å². The lowest BCUT2D eigenvalue weighted by molar-refractivity contribution is 0.142. The Morgan fingerprint density at radius 1 is 1.22 bits per heavy atom. The number of carboxylic acid groups (broad SMARTS) is 1. The van der Waals surface area contributed by atoms with Crippen LogP contribution in [0.25, 0.3) is 11.3 Å². The van der Waals surface area contributed by atoms with E-state index in [1.54, 1.807) is 19.2 Å². The van der Waals surface area contributed by atoms with Gasteiger partial charge in [-0.2, -0.15) is 0 Å². The van der Waals surface area contributed by atoms with Crippen molar-refractivity contribution in [3.05, 3.63) is 36.7 Å². The highest BCUT2D eigenvalue weighted by Crippen LogP contribution is 2.22. The Morgan fingerprint density at radius 3 is 2.56 bits per heavy atom. The van der Waals surface area contributed by atoms with Crippen molar-refractivity contribution in [3.8, 4) is 22.9 Å². The van der Waals surface area contributed by atoms with Gasteiger partial charge in [0.05, 0.1) is 12.8 Å². The molecule has 2 aromatic rings. The molecular formula is C12H10N2O4. The van der Waals surface area contributed by atoms with E-state index >= 15 is 0 Å². The van der Waals surface area contributed by atoms with E-state index in [0.29, 0.717) is 5.69 Å². The average molecular weight is 246 g/mol. The highest BCUT2D eigenvalue weighted by atomic mass is 16.7. The maximum atomic E-state index is 10.4. The van der Waals surface area contributed by atoms with E-state index in [-0.39, 0.29) is 5.88 Å². The lowest BCUT2D eigenvalue weighted by Gasteiger charge is -2.04. The van der Waals surface area contributed by atoms with Crippen molar-refractivity contribution >= 4 is 6.16 Å². The summed E-state index contributed by atoms with van der Waals surface area (Å²) in [6.45, 7) is 0. The van der Waals surface area contributed by atoms with Crippen molar-refractivity contribution in [3.63, 3.8) is 0 Å². The van der Waals surface area contributed by atoms with Crippen LogP contribution in [0.4, 0.5) is 4.79 Å². The Labute approximate surface area is 103 Å². The highest BCUT2D eigenvalue weighted by Gasteiger charge is 2.06. The number of methoxy groups -OCH3 is 1. The van der Waals surface area contributed by atoms with Crippen molar-refractivity contribution in [1.29, 1.82) is 0 Å². The molecule has 1 aromatic carbocycles. The topological polar surface area (TPSA) is 81.5 Å². The van der Waals surface area contributed by atoms with Gasteiger partial charge in [0.25, 0.3) is 0 Å². The molecule has 0 atom stereocenters. The van der Waals surface area contributed by atoms with Crippen molar-refractivity contribution in [1.82, 2.24) is 9.97 Å². The maximum Gasteiger partial charge on any atom is 0.512 e. The van der Waals surface area contributed by atoms with Gasteiger partial charge in [0.15, 0.2) is 0 Å². The van der Waals surface area contributed by atoms with Crippen LogP contribution in [0.15, 0.2) is 36.7 Å². The molecule has 0 amide bonds. The molecule has 0 aliphatic rings. The molecule has 0 bridgehead atoms. The Kier molecular flexibility index (Phi) is 3.38. The molecule has 0 saturated carbocycles. The monoisotopic (exact) mass is 246 g/mol. The fraction of sp³-hybridized carbons (Fsp3) is 0.0833. The van der Waals surface area contributed by atoms with E-state index in [2.05, 4.69) is 14.7 Å². The molecule has 0 aliphatic heterocycles. The normalized spacial score (nSPS) is 9.83. The zero-order chi connectivity index (χ0) is 13.0. The number of hydrogen-bond donors (Lipinski definition) is 1. The summed E-state index contributed by atoms with van der Waals surface area (Å²) in [7, 11) is 1.58. The number of hydrogen-bond acceptors (Lipinski definition) is 5. The lowest BCUT2D eigenvalue weighted by Crippen LogP contribution is -2.04. The van der Waals surface area contributed by atoms with E-state index < -0.39 is 6.16 Å². The average Bonchev–Trinajstić information content (AvgIpc) is 2.38. The molecule has 6 heteroatoms. The second-order valence-electron chi connectivity index (χ2n) is 3.34. The summed E-state index contributed by atoms with van der Waals surface area (Å²) in [4.78, 5) is 18.1. The maximum absolute atomic E-state index is 10.4. The van der Waals surface area contributed by atoms with Gasteiger partial charge in [0.1, 0.15) is 12.1 Å². The van der Waals surface area contributed by atoms with Crippen LogP contribution >= 0.6 is 0 Å². The summed E-state index contributed by atoms with van der Waals surface area (Å²) in [6, 6.07) is 8.65. The molecule has 0 spiro atoms. The van der Waals surface area contributed by atoms with E-state index in [9.17, 15) is 4.79 Å². The van der Waals surface area contributed by atoms with Crippen LogP contribution in [-0.2, 0) is 0 Å². The van der Waals surface area contributed by atoms with Gasteiger partial charge in [-0.15, -0.1) is 0 Å². The van der Waals surface area contributed by atoms with E-state index in [1.165, 1.54) is 12.4 Å². The van der Waals surface area contributed by atoms with Crippen LogP contribution in [0.2, 0.25) is 0 Å². The predicted molar refractivity (Wildman–Crippen MR) is 62.7 cm³/mol. The van der Waals surface area contributed by atoms with Gasteiger partial charge in [0, 0.05) is 11.6 Å². The first-order valence-corrected chi connectivity index (χ1v) is 5.06. The largest absolute Gasteiger partial charge is 0.512 e. The van der Waals surface area contributed by atoms with Crippen molar-refractivity contribution in [2.75, 3.05) is 7.11 Å². The van der Waals surface area contributed by atoms with Gasteiger partial charge in [-0.3, -0.25) is 0 Å². The van der Waals surface area contributed by atoms with Crippen LogP contribution in [-0.4, -0.2) is 28.3 Å². The van der Waals surface area contributed by atoms with E-state index in [0.717, 1.165) is 11.3 Å². The predicted octanol–water partition coefficient (Wildman–Crippen LogP) is 2.21. The zero-order valence-corrected chi connectivity index (χ0v) is 9.53. The quantitative estimate of drug-likeness (QED) is 0.836.